The predicted octanol–water partition coefficient (Wildman–Crippen LogP) is 1.65. The highest BCUT2D eigenvalue weighted by Gasteiger charge is 2.23. The van der Waals surface area contributed by atoms with Crippen LogP contribution in [0.3, 0.4) is 0 Å². The van der Waals surface area contributed by atoms with E-state index in [1.54, 1.807) is 6.07 Å². The summed E-state index contributed by atoms with van der Waals surface area (Å²) >= 11 is 5.93. The van der Waals surface area contributed by atoms with Crippen LogP contribution in [0.5, 0.6) is 0 Å². The summed E-state index contributed by atoms with van der Waals surface area (Å²) in [5.41, 5.74) is 0.275. The second-order valence-corrected chi connectivity index (χ2v) is 6.48. The second kappa shape index (κ2) is 5.28. The van der Waals surface area contributed by atoms with Crippen LogP contribution in [0.4, 0.5) is 5.69 Å². The van der Waals surface area contributed by atoms with E-state index >= 15 is 0 Å². The first-order chi connectivity index (χ1) is 8.89. The lowest BCUT2D eigenvalue weighted by Gasteiger charge is -2.11. The van der Waals surface area contributed by atoms with Crippen LogP contribution in [0.25, 0.3) is 0 Å². The fourth-order valence-corrected chi connectivity index (χ4v) is 3.34. The number of nitrogens with zero attached hydrogens (tertiary/aromatic N) is 1. The summed E-state index contributed by atoms with van der Waals surface area (Å²) in [6.07, 6.45) is 1.53. The standard InChI is InChI=1S/C11H11ClN2O4S/c12-10-2-1-3-11(14(15)16)9(10)6-13-8-4-5-19(17,18)7-8/h1-5,8,13H,6-7H2. The van der Waals surface area contributed by atoms with E-state index in [0.29, 0.717) is 5.56 Å². The molecule has 1 aliphatic heterocycles. The van der Waals surface area contributed by atoms with Gasteiger partial charge in [-0.3, -0.25) is 10.1 Å². The fourth-order valence-electron chi connectivity index (χ4n) is 1.83. The maximum absolute atomic E-state index is 11.2. The highest BCUT2D eigenvalue weighted by Crippen LogP contribution is 2.26. The number of rotatable bonds is 4. The molecule has 1 aromatic carbocycles. The Kier molecular flexibility index (Phi) is 3.88. The zero-order valence-corrected chi connectivity index (χ0v) is 11.3. The topological polar surface area (TPSA) is 89.3 Å². The first kappa shape index (κ1) is 14.0. The van der Waals surface area contributed by atoms with Gasteiger partial charge in [-0.25, -0.2) is 8.42 Å². The van der Waals surface area contributed by atoms with Crippen molar-refractivity contribution in [1.82, 2.24) is 5.32 Å². The van der Waals surface area contributed by atoms with Gasteiger partial charge < -0.3 is 5.32 Å². The van der Waals surface area contributed by atoms with Crippen LogP contribution in [-0.2, 0) is 16.4 Å². The van der Waals surface area contributed by atoms with Gasteiger partial charge >= 0.3 is 0 Å². The first-order valence-electron chi connectivity index (χ1n) is 5.45. The summed E-state index contributed by atoms with van der Waals surface area (Å²) < 4.78 is 22.5. The van der Waals surface area contributed by atoms with Crippen molar-refractivity contribution in [2.45, 2.75) is 12.6 Å². The van der Waals surface area contributed by atoms with Gasteiger partial charge in [0.25, 0.3) is 5.69 Å². The summed E-state index contributed by atoms with van der Waals surface area (Å²) in [4.78, 5) is 10.4. The minimum atomic E-state index is -3.15. The van der Waals surface area contributed by atoms with Crippen LogP contribution < -0.4 is 5.32 Å². The molecule has 0 amide bonds. The molecule has 1 heterocycles. The normalized spacial score (nSPS) is 20.6. The number of benzene rings is 1. The third kappa shape index (κ3) is 3.31. The number of nitro groups is 1. The fraction of sp³-hybridized carbons (Fsp3) is 0.273. The van der Waals surface area contributed by atoms with Crippen LogP contribution in [-0.4, -0.2) is 25.1 Å². The molecule has 0 aromatic heterocycles. The molecule has 1 aliphatic rings. The number of nitrogens with one attached hydrogen (secondary N) is 1. The van der Waals surface area contributed by atoms with Crippen molar-refractivity contribution >= 4 is 27.1 Å². The van der Waals surface area contributed by atoms with Gasteiger partial charge in [0.2, 0.25) is 0 Å². The molecule has 8 heteroatoms. The molecule has 0 fully saturated rings. The van der Waals surface area contributed by atoms with Gasteiger partial charge in [-0.15, -0.1) is 0 Å². The molecule has 1 unspecified atom stereocenters. The zero-order chi connectivity index (χ0) is 14.0. The van der Waals surface area contributed by atoms with Crippen molar-refractivity contribution in [2.24, 2.45) is 0 Å². The minimum absolute atomic E-state index is 0.0365. The molecule has 1 aromatic rings. The number of hydrogen-bond acceptors (Lipinski definition) is 5. The maximum Gasteiger partial charge on any atom is 0.275 e. The van der Waals surface area contributed by atoms with E-state index in [9.17, 15) is 18.5 Å². The molecular weight excluding hydrogens is 292 g/mol. The van der Waals surface area contributed by atoms with E-state index in [0.717, 1.165) is 5.41 Å². The van der Waals surface area contributed by atoms with Crippen molar-refractivity contribution in [3.8, 4) is 0 Å². The molecular formula is C11H11ClN2O4S. The van der Waals surface area contributed by atoms with Crippen molar-refractivity contribution in [3.05, 3.63) is 50.4 Å². The maximum atomic E-state index is 11.2. The molecule has 0 saturated heterocycles. The summed E-state index contributed by atoms with van der Waals surface area (Å²) in [6, 6.07) is 4.08. The van der Waals surface area contributed by atoms with Gasteiger partial charge in [-0.1, -0.05) is 23.7 Å². The molecule has 2 rings (SSSR count). The van der Waals surface area contributed by atoms with Gasteiger partial charge in [0, 0.05) is 24.1 Å². The van der Waals surface area contributed by atoms with Gasteiger partial charge in [0.05, 0.1) is 21.3 Å². The van der Waals surface area contributed by atoms with Crippen LogP contribution in [0.1, 0.15) is 5.56 Å². The van der Waals surface area contributed by atoms with E-state index < -0.39 is 14.8 Å². The lowest BCUT2D eigenvalue weighted by atomic mass is 10.1. The molecule has 1 N–H and O–H groups in total. The second-order valence-electron chi connectivity index (χ2n) is 4.14. The minimum Gasteiger partial charge on any atom is -0.305 e. The Hall–Kier alpha value is -1.44. The van der Waals surface area contributed by atoms with Crippen molar-refractivity contribution in [1.29, 1.82) is 0 Å². The molecule has 0 radical (unpaired) electrons. The van der Waals surface area contributed by atoms with Crippen LogP contribution in [0, 0.1) is 10.1 Å². The number of halogens is 1. The molecule has 0 aliphatic carbocycles. The SMILES string of the molecule is O=[N+]([O-])c1cccc(Cl)c1CNC1C=CS(=O)(=O)C1. The molecule has 19 heavy (non-hydrogen) atoms. The average Bonchev–Trinajstić information content (AvgIpc) is 2.67. The Morgan fingerprint density at radius 3 is 2.79 bits per heavy atom. The molecule has 0 bridgehead atoms. The van der Waals surface area contributed by atoms with E-state index in [4.69, 9.17) is 11.6 Å². The largest absolute Gasteiger partial charge is 0.305 e. The van der Waals surface area contributed by atoms with Crippen molar-refractivity contribution in [3.63, 3.8) is 0 Å². The van der Waals surface area contributed by atoms with Crippen molar-refractivity contribution < 1.29 is 13.3 Å². The third-order valence-corrected chi connectivity index (χ3v) is 4.51. The number of hydrogen-bond donors (Lipinski definition) is 1. The molecule has 0 saturated carbocycles. The lowest BCUT2D eigenvalue weighted by Crippen LogP contribution is -2.29. The molecule has 102 valence electrons. The molecule has 1 atom stereocenters. The monoisotopic (exact) mass is 302 g/mol. The Morgan fingerprint density at radius 1 is 1.47 bits per heavy atom. The predicted molar refractivity (Wildman–Crippen MR) is 71.7 cm³/mol. The van der Waals surface area contributed by atoms with Crippen molar-refractivity contribution in [2.75, 3.05) is 5.75 Å². The highest BCUT2D eigenvalue weighted by molar-refractivity contribution is 7.94. The van der Waals surface area contributed by atoms with E-state index in [2.05, 4.69) is 5.32 Å². The van der Waals surface area contributed by atoms with Gasteiger partial charge in [-0.2, -0.15) is 0 Å². The molecule has 6 nitrogen and oxygen atoms in total. The quantitative estimate of drug-likeness (QED) is 0.674. The smallest absolute Gasteiger partial charge is 0.275 e. The average molecular weight is 303 g/mol. The van der Waals surface area contributed by atoms with Crippen LogP contribution in [0.2, 0.25) is 5.02 Å². The third-order valence-electron chi connectivity index (χ3n) is 2.76. The summed E-state index contributed by atoms with van der Waals surface area (Å²) in [7, 11) is -3.15. The van der Waals surface area contributed by atoms with Gasteiger partial charge in [0.1, 0.15) is 0 Å². The summed E-state index contributed by atoms with van der Waals surface area (Å²) in [5.74, 6) is -0.0365. The van der Waals surface area contributed by atoms with Crippen LogP contribution in [0.15, 0.2) is 29.7 Å². The van der Waals surface area contributed by atoms with Gasteiger partial charge in [-0.05, 0) is 6.07 Å². The number of nitro benzene ring substituents is 1. The van der Waals surface area contributed by atoms with Gasteiger partial charge in [0.15, 0.2) is 9.84 Å². The van der Waals surface area contributed by atoms with Crippen LogP contribution >= 0.6 is 11.6 Å². The Morgan fingerprint density at radius 2 is 2.21 bits per heavy atom. The summed E-state index contributed by atoms with van der Waals surface area (Å²) in [5, 5.41) is 15.2. The highest BCUT2D eigenvalue weighted by atomic mass is 35.5. The Bertz CT molecular complexity index is 642. The first-order valence-corrected chi connectivity index (χ1v) is 7.54. The lowest BCUT2D eigenvalue weighted by molar-refractivity contribution is -0.385. The number of sulfone groups is 1. The van der Waals surface area contributed by atoms with E-state index in [1.807, 2.05) is 0 Å². The summed E-state index contributed by atoms with van der Waals surface area (Å²) in [6.45, 7) is 0.139. The zero-order valence-electron chi connectivity index (χ0n) is 9.74. The Labute approximate surface area is 115 Å². The van der Waals surface area contributed by atoms with E-state index in [1.165, 1.54) is 18.2 Å². The van der Waals surface area contributed by atoms with E-state index in [-0.39, 0.29) is 29.0 Å². The molecule has 0 spiro atoms. The Balaban J connectivity index is 2.12.